The van der Waals surface area contributed by atoms with Gasteiger partial charge in [0, 0.05) is 0 Å². The summed E-state index contributed by atoms with van der Waals surface area (Å²) in [6.07, 6.45) is 0.835. The van der Waals surface area contributed by atoms with Gasteiger partial charge in [0.15, 0.2) is 9.84 Å². The number of carboxylic acids is 1. The minimum absolute atomic E-state index is 0.0112. The highest BCUT2D eigenvalue weighted by Gasteiger charge is 2.36. The largest absolute Gasteiger partial charge is 0.481 e. The van der Waals surface area contributed by atoms with Crippen LogP contribution < -0.4 is 0 Å². The summed E-state index contributed by atoms with van der Waals surface area (Å²) >= 11 is 0. The maximum absolute atomic E-state index is 11.2. The summed E-state index contributed by atoms with van der Waals surface area (Å²) in [6.45, 7) is 5.44. The Kier molecular flexibility index (Phi) is 3.54. The summed E-state index contributed by atoms with van der Waals surface area (Å²) in [6, 6.07) is 0. The molecule has 1 N–H and O–H groups in total. The van der Waals surface area contributed by atoms with E-state index in [1.165, 1.54) is 0 Å². The van der Waals surface area contributed by atoms with E-state index >= 15 is 0 Å². The normalized spacial score (nSPS) is 26.1. The lowest BCUT2D eigenvalue weighted by Gasteiger charge is -2.17. The van der Waals surface area contributed by atoms with Crippen molar-refractivity contribution in [3.8, 4) is 0 Å². The zero-order valence-corrected chi connectivity index (χ0v) is 9.59. The van der Waals surface area contributed by atoms with Gasteiger partial charge in [-0.05, 0) is 25.7 Å². The summed E-state index contributed by atoms with van der Waals surface area (Å²) in [5.74, 6) is -1.63. The Labute approximate surface area is 89.9 Å². The molecule has 15 heavy (non-hydrogen) atoms. The molecular weight excluding hydrogens is 216 g/mol. The maximum atomic E-state index is 11.2. The molecule has 1 saturated heterocycles. The van der Waals surface area contributed by atoms with Crippen molar-refractivity contribution in [3.63, 3.8) is 0 Å². The second-order valence-corrected chi connectivity index (χ2v) is 6.50. The van der Waals surface area contributed by atoms with Crippen LogP contribution in [0.5, 0.6) is 0 Å². The lowest BCUT2D eigenvalue weighted by molar-refractivity contribution is -0.143. The summed E-state index contributed by atoms with van der Waals surface area (Å²) < 4.78 is 22.5. The lowest BCUT2D eigenvalue weighted by atomic mass is 9.87. The van der Waals surface area contributed by atoms with Crippen LogP contribution in [0.25, 0.3) is 0 Å². The molecule has 0 saturated carbocycles. The van der Waals surface area contributed by atoms with Gasteiger partial charge in [-0.25, -0.2) is 8.42 Å². The molecule has 2 atom stereocenters. The fourth-order valence-corrected chi connectivity index (χ4v) is 3.85. The van der Waals surface area contributed by atoms with Crippen molar-refractivity contribution >= 4 is 15.8 Å². The minimum atomic E-state index is -3.00. The number of rotatable bonds is 4. The van der Waals surface area contributed by atoms with Gasteiger partial charge in [-0.3, -0.25) is 4.79 Å². The van der Waals surface area contributed by atoms with Crippen LogP contribution in [-0.2, 0) is 14.6 Å². The Bertz CT molecular complexity index is 369. The second-order valence-electron chi connectivity index (χ2n) is 4.27. The molecule has 86 valence electrons. The molecule has 0 aromatic rings. The van der Waals surface area contributed by atoms with E-state index in [0.29, 0.717) is 12.8 Å². The van der Waals surface area contributed by atoms with Gasteiger partial charge in [0.2, 0.25) is 0 Å². The van der Waals surface area contributed by atoms with E-state index in [2.05, 4.69) is 6.58 Å². The summed E-state index contributed by atoms with van der Waals surface area (Å²) in [7, 11) is -3.00. The molecule has 0 aromatic heterocycles. The van der Waals surface area contributed by atoms with E-state index in [0.717, 1.165) is 5.57 Å². The fraction of sp³-hybridized carbons (Fsp3) is 0.700. The Hall–Kier alpha value is -0.840. The minimum Gasteiger partial charge on any atom is -0.481 e. The van der Waals surface area contributed by atoms with Crippen LogP contribution in [0.15, 0.2) is 12.2 Å². The highest BCUT2D eigenvalue weighted by Crippen LogP contribution is 2.30. The third-order valence-electron chi connectivity index (χ3n) is 2.72. The molecule has 4 nitrogen and oxygen atoms in total. The van der Waals surface area contributed by atoms with Gasteiger partial charge in [-0.15, -0.1) is 6.58 Å². The van der Waals surface area contributed by atoms with Gasteiger partial charge in [0.1, 0.15) is 0 Å². The predicted molar refractivity (Wildman–Crippen MR) is 57.3 cm³/mol. The number of allylic oxidation sites excluding steroid dienone is 1. The van der Waals surface area contributed by atoms with Crippen LogP contribution >= 0.6 is 0 Å². The van der Waals surface area contributed by atoms with E-state index in [4.69, 9.17) is 5.11 Å². The molecule has 1 heterocycles. The summed E-state index contributed by atoms with van der Waals surface area (Å²) in [5, 5.41) is 9.02. The number of hydrogen-bond acceptors (Lipinski definition) is 3. The smallest absolute Gasteiger partial charge is 0.307 e. The molecule has 0 bridgehead atoms. The maximum Gasteiger partial charge on any atom is 0.307 e. The predicted octanol–water partition coefficient (Wildman–Crippen LogP) is 1.09. The Morgan fingerprint density at radius 3 is 2.53 bits per heavy atom. The molecule has 0 spiro atoms. The third kappa shape index (κ3) is 3.34. The molecule has 0 aliphatic carbocycles. The third-order valence-corrected chi connectivity index (χ3v) is 4.52. The first-order valence-electron chi connectivity index (χ1n) is 4.89. The molecular formula is C10H16O4S. The molecule has 1 fully saturated rings. The Morgan fingerprint density at radius 2 is 2.20 bits per heavy atom. The topological polar surface area (TPSA) is 71.4 Å². The van der Waals surface area contributed by atoms with Crippen molar-refractivity contribution in [1.29, 1.82) is 0 Å². The number of hydrogen-bond donors (Lipinski definition) is 1. The van der Waals surface area contributed by atoms with Crippen LogP contribution in [0.3, 0.4) is 0 Å². The van der Waals surface area contributed by atoms with Gasteiger partial charge in [0.25, 0.3) is 0 Å². The molecule has 5 heteroatoms. The molecule has 0 amide bonds. The molecule has 2 unspecified atom stereocenters. The lowest BCUT2D eigenvalue weighted by Crippen LogP contribution is -2.24. The number of aliphatic carboxylic acids is 1. The quantitative estimate of drug-likeness (QED) is 0.736. The number of carboxylic acid groups (broad SMARTS) is 1. The number of sulfone groups is 1. The SMILES string of the molecule is C=C(C)CC(C(=O)O)C1CCS(=O)(=O)C1. The van der Waals surface area contributed by atoms with Crippen LogP contribution in [0.2, 0.25) is 0 Å². The monoisotopic (exact) mass is 232 g/mol. The van der Waals surface area contributed by atoms with E-state index in [1.54, 1.807) is 6.92 Å². The molecule has 0 radical (unpaired) electrons. The van der Waals surface area contributed by atoms with Crippen molar-refractivity contribution in [2.75, 3.05) is 11.5 Å². The highest BCUT2D eigenvalue weighted by molar-refractivity contribution is 7.91. The number of carbonyl (C=O) groups is 1. The van der Waals surface area contributed by atoms with Gasteiger partial charge < -0.3 is 5.11 Å². The Balaban J connectivity index is 2.74. The van der Waals surface area contributed by atoms with Crippen molar-refractivity contribution in [2.24, 2.45) is 11.8 Å². The first kappa shape index (κ1) is 12.2. The molecule has 1 aliphatic rings. The highest BCUT2D eigenvalue weighted by atomic mass is 32.2. The zero-order chi connectivity index (χ0) is 11.6. The van der Waals surface area contributed by atoms with Gasteiger partial charge >= 0.3 is 5.97 Å². The van der Waals surface area contributed by atoms with Gasteiger partial charge in [-0.1, -0.05) is 5.57 Å². The fourth-order valence-electron chi connectivity index (χ4n) is 1.97. The van der Waals surface area contributed by atoms with Gasteiger partial charge in [0.05, 0.1) is 17.4 Å². The van der Waals surface area contributed by atoms with E-state index in [9.17, 15) is 13.2 Å². The standard InChI is InChI=1S/C10H16O4S/c1-7(2)5-9(10(11)12)8-3-4-15(13,14)6-8/h8-9H,1,3-6H2,2H3,(H,11,12). The average Bonchev–Trinajstić information content (AvgIpc) is 2.41. The van der Waals surface area contributed by atoms with Crippen molar-refractivity contribution in [1.82, 2.24) is 0 Å². The first-order valence-corrected chi connectivity index (χ1v) is 6.71. The van der Waals surface area contributed by atoms with Gasteiger partial charge in [-0.2, -0.15) is 0 Å². The van der Waals surface area contributed by atoms with Crippen LogP contribution in [0.4, 0.5) is 0 Å². The molecule has 0 aromatic carbocycles. The van der Waals surface area contributed by atoms with E-state index in [1.807, 2.05) is 0 Å². The summed E-state index contributed by atoms with van der Waals surface area (Å²) in [5.41, 5.74) is 0.784. The molecule has 1 aliphatic heterocycles. The summed E-state index contributed by atoms with van der Waals surface area (Å²) in [4.78, 5) is 11.0. The van der Waals surface area contributed by atoms with Crippen molar-refractivity contribution in [2.45, 2.75) is 19.8 Å². The van der Waals surface area contributed by atoms with Crippen LogP contribution in [-0.4, -0.2) is 31.0 Å². The van der Waals surface area contributed by atoms with Crippen LogP contribution in [0, 0.1) is 11.8 Å². The average molecular weight is 232 g/mol. The van der Waals surface area contributed by atoms with Crippen molar-refractivity contribution in [3.05, 3.63) is 12.2 Å². The van der Waals surface area contributed by atoms with Crippen LogP contribution in [0.1, 0.15) is 19.8 Å². The van der Waals surface area contributed by atoms with E-state index < -0.39 is 21.7 Å². The van der Waals surface area contributed by atoms with E-state index in [-0.39, 0.29) is 17.4 Å². The van der Waals surface area contributed by atoms with Crippen molar-refractivity contribution < 1.29 is 18.3 Å². The zero-order valence-electron chi connectivity index (χ0n) is 8.77. The second kappa shape index (κ2) is 4.35. The Morgan fingerprint density at radius 1 is 1.60 bits per heavy atom. The first-order chi connectivity index (χ1) is 6.82. The molecule has 1 rings (SSSR count).